The third-order valence-electron chi connectivity index (χ3n) is 4.30. The molecule has 0 aromatic heterocycles. The number of nitriles is 1. The molecule has 2 N–H and O–H groups in total. The number of aryl methyl sites for hydroxylation is 1. The standard InChI is InChI=1S/C20H19N3O4/c1-13-2-8-16(9-3-13)23-10-11-27-18(20(23)26)17(24)19(25)22-15-6-4-14(12-21)5-7-15/h2-9,17-18,24H,10-11H2,1H3,(H,22,25)/t17?,18-/m1/s1. The van der Waals surface area contributed by atoms with Crippen molar-refractivity contribution in [2.45, 2.75) is 19.1 Å². The summed E-state index contributed by atoms with van der Waals surface area (Å²) < 4.78 is 5.38. The third kappa shape index (κ3) is 4.14. The number of rotatable bonds is 4. The second-order valence-electron chi connectivity index (χ2n) is 6.24. The Morgan fingerprint density at radius 3 is 2.56 bits per heavy atom. The van der Waals surface area contributed by atoms with E-state index in [2.05, 4.69) is 5.32 Å². The summed E-state index contributed by atoms with van der Waals surface area (Å²) in [4.78, 5) is 26.5. The highest BCUT2D eigenvalue weighted by Gasteiger charge is 2.39. The monoisotopic (exact) mass is 365 g/mol. The Bertz CT molecular complexity index is 872. The molecule has 0 aliphatic carbocycles. The minimum atomic E-state index is -1.65. The van der Waals surface area contributed by atoms with Crippen LogP contribution in [0.4, 0.5) is 11.4 Å². The highest BCUT2D eigenvalue weighted by Crippen LogP contribution is 2.21. The van der Waals surface area contributed by atoms with E-state index in [9.17, 15) is 14.7 Å². The molecule has 1 saturated heterocycles. The van der Waals surface area contributed by atoms with Crippen molar-refractivity contribution in [1.82, 2.24) is 0 Å². The molecule has 3 rings (SSSR count). The van der Waals surface area contributed by atoms with Crippen molar-refractivity contribution in [3.63, 3.8) is 0 Å². The maximum absolute atomic E-state index is 12.7. The van der Waals surface area contributed by atoms with Crippen molar-refractivity contribution >= 4 is 23.2 Å². The Kier molecular flexibility index (Phi) is 5.50. The van der Waals surface area contributed by atoms with Gasteiger partial charge < -0.3 is 20.1 Å². The van der Waals surface area contributed by atoms with Gasteiger partial charge in [0.05, 0.1) is 18.2 Å². The molecule has 2 amide bonds. The van der Waals surface area contributed by atoms with E-state index in [0.717, 1.165) is 5.56 Å². The maximum atomic E-state index is 12.7. The van der Waals surface area contributed by atoms with Crippen molar-refractivity contribution < 1.29 is 19.4 Å². The minimum absolute atomic E-state index is 0.214. The first kappa shape index (κ1) is 18.6. The predicted molar refractivity (Wildman–Crippen MR) is 99.1 cm³/mol. The molecule has 1 heterocycles. The van der Waals surface area contributed by atoms with Crippen molar-refractivity contribution in [1.29, 1.82) is 5.26 Å². The van der Waals surface area contributed by atoms with Gasteiger partial charge >= 0.3 is 0 Å². The number of benzene rings is 2. The molecule has 1 unspecified atom stereocenters. The molecule has 0 spiro atoms. The van der Waals surface area contributed by atoms with E-state index >= 15 is 0 Å². The van der Waals surface area contributed by atoms with Crippen LogP contribution in [-0.2, 0) is 14.3 Å². The number of morpholine rings is 1. The van der Waals surface area contributed by atoms with Crippen LogP contribution in [0.1, 0.15) is 11.1 Å². The Morgan fingerprint density at radius 1 is 1.26 bits per heavy atom. The zero-order valence-electron chi connectivity index (χ0n) is 14.8. The first-order chi connectivity index (χ1) is 13.0. The molecule has 1 aliphatic rings. The lowest BCUT2D eigenvalue weighted by molar-refractivity contribution is -0.150. The molecule has 2 atom stereocenters. The summed E-state index contributed by atoms with van der Waals surface area (Å²) in [5, 5.41) is 21.7. The van der Waals surface area contributed by atoms with Crippen LogP contribution in [0.2, 0.25) is 0 Å². The summed E-state index contributed by atoms with van der Waals surface area (Å²) in [6, 6.07) is 15.6. The van der Waals surface area contributed by atoms with E-state index in [0.29, 0.717) is 23.5 Å². The van der Waals surface area contributed by atoms with Gasteiger partial charge in [-0.05, 0) is 43.3 Å². The van der Waals surface area contributed by atoms with Crippen molar-refractivity contribution in [2.24, 2.45) is 0 Å². The van der Waals surface area contributed by atoms with Gasteiger partial charge in [0.1, 0.15) is 0 Å². The van der Waals surface area contributed by atoms with Crippen LogP contribution >= 0.6 is 0 Å². The van der Waals surface area contributed by atoms with Crippen LogP contribution < -0.4 is 10.2 Å². The number of carbonyl (C=O) groups is 2. The van der Waals surface area contributed by atoms with Crippen LogP contribution in [0.5, 0.6) is 0 Å². The van der Waals surface area contributed by atoms with E-state index in [1.807, 2.05) is 37.3 Å². The molecule has 0 radical (unpaired) electrons. The average Bonchev–Trinajstić information content (AvgIpc) is 2.69. The zero-order valence-corrected chi connectivity index (χ0v) is 14.8. The lowest BCUT2D eigenvalue weighted by Gasteiger charge is -2.34. The summed E-state index contributed by atoms with van der Waals surface area (Å²) in [5.41, 5.74) is 2.63. The molecule has 1 fully saturated rings. The number of ether oxygens (including phenoxy) is 1. The molecular formula is C20H19N3O4. The fourth-order valence-electron chi connectivity index (χ4n) is 2.80. The van der Waals surface area contributed by atoms with Gasteiger partial charge in [0, 0.05) is 17.9 Å². The first-order valence-electron chi connectivity index (χ1n) is 8.48. The van der Waals surface area contributed by atoms with Gasteiger partial charge in [0.15, 0.2) is 12.2 Å². The lowest BCUT2D eigenvalue weighted by Crippen LogP contribution is -2.55. The predicted octanol–water partition coefficient (Wildman–Crippen LogP) is 1.60. The summed E-state index contributed by atoms with van der Waals surface area (Å²) in [7, 11) is 0. The Hall–Kier alpha value is -3.21. The van der Waals surface area contributed by atoms with Crippen LogP contribution in [0.25, 0.3) is 0 Å². The van der Waals surface area contributed by atoms with Crippen molar-refractivity contribution in [3.8, 4) is 6.07 Å². The van der Waals surface area contributed by atoms with E-state index in [4.69, 9.17) is 10.00 Å². The normalized spacial score (nSPS) is 17.9. The molecule has 7 heteroatoms. The van der Waals surface area contributed by atoms with Gasteiger partial charge in [0.2, 0.25) is 0 Å². The number of aliphatic hydroxyl groups excluding tert-OH is 1. The number of nitrogens with one attached hydrogen (secondary N) is 1. The number of nitrogens with zero attached hydrogens (tertiary/aromatic N) is 2. The largest absolute Gasteiger partial charge is 0.380 e. The second kappa shape index (κ2) is 7.99. The summed E-state index contributed by atoms with van der Waals surface area (Å²) in [5.74, 6) is -1.21. The van der Waals surface area contributed by atoms with Crippen LogP contribution in [0.15, 0.2) is 48.5 Å². The quantitative estimate of drug-likeness (QED) is 0.857. The summed E-state index contributed by atoms with van der Waals surface area (Å²) in [6.07, 6.45) is -2.93. The van der Waals surface area contributed by atoms with E-state index < -0.39 is 24.0 Å². The van der Waals surface area contributed by atoms with E-state index in [1.54, 1.807) is 24.3 Å². The van der Waals surface area contributed by atoms with E-state index in [-0.39, 0.29) is 6.61 Å². The highest BCUT2D eigenvalue weighted by atomic mass is 16.5. The molecule has 0 saturated carbocycles. The van der Waals surface area contributed by atoms with Crippen LogP contribution in [0.3, 0.4) is 0 Å². The van der Waals surface area contributed by atoms with Gasteiger partial charge in [-0.25, -0.2) is 0 Å². The number of hydrogen-bond donors (Lipinski definition) is 2. The fourth-order valence-corrected chi connectivity index (χ4v) is 2.80. The van der Waals surface area contributed by atoms with Gasteiger partial charge in [-0.1, -0.05) is 17.7 Å². The number of carbonyl (C=O) groups excluding carboxylic acids is 2. The molecule has 27 heavy (non-hydrogen) atoms. The minimum Gasteiger partial charge on any atom is -0.380 e. The highest BCUT2D eigenvalue weighted by molar-refractivity contribution is 6.03. The molecule has 2 aromatic rings. The topological polar surface area (TPSA) is 103 Å². The average molecular weight is 365 g/mol. The third-order valence-corrected chi connectivity index (χ3v) is 4.30. The fraction of sp³-hybridized carbons (Fsp3) is 0.250. The smallest absolute Gasteiger partial charge is 0.259 e. The van der Waals surface area contributed by atoms with Crippen LogP contribution in [-0.4, -0.2) is 42.3 Å². The number of hydrogen-bond acceptors (Lipinski definition) is 5. The Morgan fingerprint density at radius 2 is 1.93 bits per heavy atom. The molecular weight excluding hydrogens is 346 g/mol. The zero-order chi connectivity index (χ0) is 19.4. The Balaban J connectivity index is 1.70. The van der Waals surface area contributed by atoms with Gasteiger partial charge in [-0.15, -0.1) is 0 Å². The van der Waals surface area contributed by atoms with Crippen LogP contribution in [0, 0.1) is 18.3 Å². The number of amides is 2. The van der Waals surface area contributed by atoms with Crippen molar-refractivity contribution in [3.05, 3.63) is 59.7 Å². The molecule has 7 nitrogen and oxygen atoms in total. The molecule has 1 aliphatic heterocycles. The van der Waals surface area contributed by atoms with E-state index in [1.165, 1.54) is 4.90 Å². The van der Waals surface area contributed by atoms with Gasteiger partial charge in [0.25, 0.3) is 11.8 Å². The lowest BCUT2D eigenvalue weighted by atomic mass is 10.1. The number of anilines is 2. The van der Waals surface area contributed by atoms with Crippen molar-refractivity contribution in [2.75, 3.05) is 23.4 Å². The van der Waals surface area contributed by atoms with Gasteiger partial charge in [-0.3, -0.25) is 9.59 Å². The molecule has 138 valence electrons. The first-order valence-corrected chi connectivity index (χ1v) is 8.48. The number of aliphatic hydroxyl groups is 1. The maximum Gasteiger partial charge on any atom is 0.259 e. The Labute approximate surface area is 156 Å². The molecule has 0 bridgehead atoms. The second-order valence-corrected chi connectivity index (χ2v) is 6.24. The van der Waals surface area contributed by atoms with Gasteiger partial charge in [-0.2, -0.15) is 5.26 Å². The summed E-state index contributed by atoms with van der Waals surface area (Å²) in [6.45, 7) is 2.51. The molecule has 2 aromatic carbocycles. The SMILES string of the molecule is Cc1ccc(N2CCO[C@H](C(O)C(=O)Nc3ccc(C#N)cc3)C2=O)cc1. The summed E-state index contributed by atoms with van der Waals surface area (Å²) >= 11 is 0.